The first-order valence-corrected chi connectivity index (χ1v) is 12.9. The average Bonchev–Trinajstić information content (AvgIpc) is 2.95. The first kappa shape index (κ1) is 26.8. The van der Waals surface area contributed by atoms with Crippen LogP contribution in [0, 0.1) is 12.3 Å². The molecule has 1 amide bonds. The number of benzene rings is 2. The number of hydrogen-bond donors (Lipinski definition) is 1. The van der Waals surface area contributed by atoms with Crippen LogP contribution in [0.4, 0.5) is 0 Å². The van der Waals surface area contributed by atoms with Crippen molar-refractivity contribution < 1.29 is 14.3 Å². The van der Waals surface area contributed by atoms with Gasteiger partial charge in [0.1, 0.15) is 12.4 Å². The molecule has 1 aliphatic heterocycles. The van der Waals surface area contributed by atoms with Crippen LogP contribution in [0.15, 0.2) is 73.1 Å². The Bertz CT molecular complexity index is 1390. The van der Waals surface area contributed by atoms with Crippen LogP contribution in [-0.2, 0) is 4.79 Å². The van der Waals surface area contributed by atoms with Gasteiger partial charge in [0.25, 0.3) is 0 Å². The van der Waals surface area contributed by atoms with Gasteiger partial charge in [0.05, 0.1) is 17.8 Å². The Morgan fingerprint density at radius 1 is 1.18 bits per heavy atom. The minimum atomic E-state index is -0.0479. The van der Waals surface area contributed by atoms with Gasteiger partial charge in [0.15, 0.2) is 5.78 Å². The summed E-state index contributed by atoms with van der Waals surface area (Å²) >= 11 is 0. The lowest BCUT2D eigenvalue weighted by atomic mass is 9.89. The molecule has 1 aromatic heterocycles. The monoisotopic (exact) mass is 507 g/mol. The van der Waals surface area contributed by atoms with Gasteiger partial charge in [-0.25, -0.2) is 0 Å². The molecule has 4 rings (SSSR count). The number of carbonyl (C=O) groups is 2. The maximum absolute atomic E-state index is 13.0. The smallest absolute Gasteiger partial charge is 0.209 e. The highest BCUT2D eigenvalue weighted by atomic mass is 16.5. The van der Waals surface area contributed by atoms with Crippen LogP contribution in [0.5, 0.6) is 5.75 Å². The first-order chi connectivity index (χ1) is 18.4. The molecule has 1 atom stereocenters. The summed E-state index contributed by atoms with van der Waals surface area (Å²) in [7, 11) is 0. The number of Topliss-reactive ketones (excluding diaryl/α,β-unsaturated/α-hetero) is 1. The van der Waals surface area contributed by atoms with Crippen LogP contribution in [0.2, 0.25) is 0 Å². The van der Waals surface area contributed by atoms with Crippen molar-refractivity contribution in [1.29, 1.82) is 5.41 Å². The highest BCUT2D eigenvalue weighted by Crippen LogP contribution is 2.30. The van der Waals surface area contributed by atoms with Gasteiger partial charge < -0.3 is 9.64 Å². The number of fused-ring (bicyclic) bond motifs is 1. The minimum Gasteiger partial charge on any atom is -0.491 e. The number of rotatable bonds is 7. The fraction of sp³-hybridized carbons (Fsp3) is 0.281. The normalized spacial score (nSPS) is 14.5. The van der Waals surface area contributed by atoms with E-state index in [2.05, 4.69) is 24.2 Å². The third-order valence-corrected chi connectivity index (χ3v) is 6.97. The molecule has 0 spiro atoms. The molecule has 2 heterocycles. The molecule has 38 heavy (non-hydrogen) atoms. The van der Waals surface area contributed by atoms with Gasteiger partial charge in [0.2, 0.25) is 6.41 Å². The summed E-state index contributed by atoms with van der Waals surface area (Å²) in [5, 5.41) is 9.04. The van der Waals surface area contributed by atoms with Gasteiger partial charge in [-0.05, 0) is 67.3 Å². The zero-order chi connectivity index (χ0) is 27.1. The Balaban J connectivity index is 1.61. The van der Waals surface area contributed by atoms with Crippen molar-refractivity contribution in [3.63, 3.8) is 0 Å². The maximum Gasteiger partial charge on any atom is 0.209 e. The van der Waals surface area contributed by atoms with Gasteiger partial charge >= 0.3 is 0 Å². The van der Waals surface area contributed by atoms with E-state index in [9.17, 15) is 9.59 Å². The third-order valence-electron chi connectivity index (χ3n) is 6.97. The van der Waals surface area contributed by atoms with Crippen LogP contribution >= 0.6 is 0 Å². The molecule has 2 aromatic carbocycles. The zero-order valence-electron chi connectivity index (χ0n) is 22.0. The van der Waals surface area contributed by atoms with Crippen molar-refractivity contribution >= 4 is 23.5 Å². The second kappa shape index (κ2) is 12.3. The van der Waals surface area contributed by atoms with E-state index < -0.39 is 0 Å². The molecule has 3 aromatic rings. The number of hydrogen-bond acceptors (Lipinski definition) is 5. The van der Waals surface area contributed by atoms with Gasteiger partial charge in [-0.3, -0.25) is 20.0 Å². The fourth-order valence-electron chi connectivity index (χ4n) is 4.70. The number of ether oxygens (including phenoxy) is 1. The fourth-order valence-corrected chi connectivity index (χ4v) is 4.70. The lowest BCUT2D eigenvalue weighted by Crippen LogP contribution is -2.29. The molecule has 0 fully saturated rings. The number of allylic oxidation sites excluding steroid dienone is 1. The van der Waals surface area contributed by atoms with E-state index in [0.717, 1.165) is 40.8 Å². The molecular weight excluding hydrogens is 474 g/mol. The van der Waals surface area contributed by atoms with Crippen LogP contribution in [-0.4, -0.2) is 47.5 Å². The number of carbonyl (C=O) groups excluding carboxylic acids is 2. The molecule has 194 valence electrons. The Kier molecular flexibility index (Phi) is 8.67. The van der Waals surface area contributed by atoms with Crippen LogP contribution < -0.4 is 4.74 Å². The van der Waals surface area contributed by atoms with Gasteiger partial charge in [-0.1, -0.05) is 31.7 Å². The summed E-state index contributed by atoms with van der Waals surface area (Å²) in [6.07, 6.45) is 4.23. The number of aryl methyl sites for hydroxylation is 1. The van der Waals surface area contributed by atoms with Crippen molar-refractivity contribution in [2.75, 3.05) is 19.7 Å². The number of pyridine rings is 1. The van der Waals surface area contributed by atoms with E-state index in [-0.39, 0.29) is 11.7 Å². The number of ketones is 1. The Hall–Kier alpha value is -4.28. The molecule has 0 aliphatic carbocycles. The number of nitrogens with zero attached hydrogens (tertiary/aromatic N) is 2. The summed E-state index contributed by atoms with van der Waals surface area (Å²) in [6, 6.07) is 17.3. The lowest BCUT2D eigenvalue weighted by Gasteiger charge is -2.21. The molecule has 0 saturated carbocycles. The van der Waals surface area contributed by atoms with E-state index in [1.165, 1.54) is 0 Å². The number of nitrogens with one attached hydrogen (secondary N) is 1. The molecule has 1 N–H and O–H groups in total. The third kappa shape index (κ3) is 6.16. The molecule has 0 unspecified atom stereocenters. The SMILES string of the molecule is C=C=C(C[C@@H](C)c1ccccn1)c1ccc(C)c(C(=N)c2ccc3c(c2)C(=O)CCCN(C=O)CCO3)c1. The predicted molar refractivity (Wildman–Crippen MR) is 150 cm³/mol. The average molecular weight is 508 g/mol. The largest absolute Gasteiger partial charge is 0.491 e. The molecule has 6 heteroatoms. The Labute approximate surface area is 224 Å². The van der Waals surface area contributed by atoms with E-state index in [1.807, 2.05) is 49.4 Å². The minimum absolute atomic E-state index is 0.0479. The number of amides is 1. The second-order valence-electron chi connectivity index (χ2n) is 9.65. The summed E-state index contributed by atoms with van der Waals surface area (Å²) in [4.78, 5) is 30.3. The van der Waals surface area contributed by atoms with E-state index in [4.69, 9.17) is 10.1 Å². The molecule has 0 saturated heterocycles. The van der Waals surface area contributed by atoms with Gasteiger partial charge in [-0.2, -0.15) is 0 Å². The van der Waals surface area contributed by atoms with E-state index >= 15 is 0 Å². The molecular formula is C32H33N3O3. The van der Waals surface area contributed by atoms with E-state index in [1.54, 1.807) is 23.2 Å². The van der Waals surface area contributed by atoms with Crippen molar-refractivity contribution in [3.05, 3.63) is 107 Å². The topological polar surface area (TPSA) is 83.4 Å². The molecule has 0 bridgehead atoms. The zero-order valence-corrected chi connectivity index (χ0v) is 22.0. The van der Waals surface area contributed by atoms with Gasteiger partial charge in [-0.15, -0.1) is 5.73 Å². The highest BCUT2D eigenvalue weighted by Gasteiger charge is 2.19. The van der Waals surface area contributed by atoms with Crippen LogP contribution in [0.1, 0.15) is 70.4 Å². The summed E-state index contributed by atoms with van der Waals surface area (Å²) < 4.78 is 5.85. The molecule has 0 radical (unpaired) electrons. The predicted octanol–water partition coefficient (Wildman–Crippen LogP) is 5.98. The Morgan fingerprint density at radius 2 is 2.00 bits per heavy atom. The van der Waals surface area contributed by atoms with Crippen molar-refractivity contribution in [1.82, 2.24) is 9.88 Å². The maximum atomic E-state index is 13.0. The molecule has 6 nitrogen and oxygen atoms in total. The lowest BCUT2D eigenvalue weighted by molar-refractivity contribution is -0.118. The molecule has 1 aliphatic rings. The quantitative estimate of drug-likeness (QED) is 0.242. The van der Waals surface area contributed by atoms with Crippen molar-refractivity contribution in [2.45, 2.75) is 39.0 Å². The Morgan fingerprint density at radius 3 is 2.74 bits per heavy atom. The van der Waals surface area contributed by atoms with Crippen LogP contribution in [0.3, 0.4) is 0 Å². The second-order valence-corrected chi connectivity index (χ2v) is 9.65. The van der Waals surface area contributed by atoms with Crippen molar-refractivity contribution in [2.24, 2.45) is 0 Å². The summed E-state index contributed by atoms with van der Waals surface area (Å²) in [5.41, 5.74) is 9.28. The van der Waals surface area contributed by atoms with Crippen molar-refractivity contribution in [3.8, 4) is 5.75 Å². The summed E-state index contributed by atoms with van der Waals surface area (Å²) in [6.45, 7) is 9.34. The first-order valence-electron chi connectivity index (χ1n) is 12.9. The van der Waals surface area contributed by atoms with E-state index in [0.29, 0.717) is 55.1 Å². The summed E-state index contributed by atoms with van der Waals surface area (Å²) in [5.74, 6) is 0.634. The number of aromatic nitrogens is 1. The van der Waals surface area contributed by atoms with Gasteiger partial charge in [0, 0.05) is 47.5 Å². The highest BCUT2D eigenvalue weighted by molar-refractivity contribution is 6.13. The van der Waals surface area contributed by atoms with Crippen LogP contribution in [0.25, 0.3) is 5.57 Å². The standard InChI is InChI=1S/C32H33N3O3/c1-4-24(18-23(3)29-8-5-6-14-34-29)25-11-10-22(2)27(19-25)32(33)26-12-13-31-28(20-26)30(37)9-7-15-35(21-36)16-17-38-31/h5-6,8,10-14,19-21,23,33H,1,7,9,15-18H2,2-3H3/t23-/m1/s1.